The van der Waals surface area contributed by atoms with E-state index >= 15 is 0 Å². The van der Waals surface area contributed by atoms with Crippen LogP contribution in [0, 0.1) is 5.92 Å². The summed E-state index contributed by atoms with van der Waals surface area (Å²) in [6, 6.07) is 5.35. The molecule has 1 saturated carbocycles. The molecular formula is C18H26N2O6S. The third kappa shape index (κ3) is 5.50. The lowest BCUT2D eigenvalue weighted by Gasteiger charge is -2.29. The number of hydrogen-bond donors (Lipinski definition) is 1. The highest BCUT2D eigenvalue weighted by molar-refractivity contribution is 7.89. The quantitative estimate of drug-likeness (QED) is 0.554. The standard InChI is InChI=1S/C18H26N2O6S/c1-13-6-4-5-7-16(13)19-17(21)12-26-18(22)14-8-10-15(11-9-14)27(23,24)20(2)25-3/h8-11,13,16H,4-7,12H2,1-3H3,(H,19,21)/t13-,16+/m0/s1. The van der Waals surface area contributed by atoms with Crippen LogP contribution in [0.2, 0.25) is 0 Å². The van der Waals surface area contributed by atoms with Gasteiger partial charge in [0.05, 0.1) is 17.6 Å². The van der Waals surface area contributed by atoms with Crippen molar-refractivity contribution in [2.45, 2.75) is 43.5 Å². The number of sulfonamides is 1. The number of amides is 1. The second-order valence-electron chi connectivity index (χ2n) is 6.63. The van der Waals surface area contributed by atoms with E-state index in [0.29, 0.717) is 5.92 Å². The number of carbonyl (C=O) groups excluding carboxylic acids is 2. The van der Waals surface area contributed by atoms with E-state index < -0.39 is 16.0 Å². The first-order valence-electron chi connectivity index (χ1n) is 8.85. The number of nitrogens with zero attached hydrogens (tertiary/aromatic N) is 1. The Morgan fingerprint density at radius 3 is 2.41 bits per heavy atom. The highest BCUT2D eigenvalue weighted by Gasteiger charge is 2.24. The largest absolute Gasteiger partial charge is 0.452 e. The predicted octanol–water partition coefficient (Wildman–Crippen LogP) is 1.72. The molecule has 150 valence electrons. The van der Waals surface area contributed by atoms with E-state index in [-0.39, 0.29) is 29.0 Å². The van der Waals surface area contributed by atoms with Crippen molar-refractivity contribution in [1.29, 1.82) is 0 Å². The van der Waals surface area contributed by atoms with Gasteiger partial charge in [-0.3, -0.25) is 9.63 Å². The number of hydrogen-bond acceptors (Lipinski definition) is 6. The Kier molecular flexibility index (Phi) is 7.34. The summed E-state index contributed by atoms with van der Waals surface area (Å²) in [5.74, 6) is -0.605. The molecule has 2 atom stereocenters. The Hall–Kier alpha value is -1.97. The summed E-state index contributed by atoms with van der Waals surface area (Å²) in [5, 5.41) is 2.91. The summed E-state index contributed by atoms with van der Waals surface area (Å²) in [6.07, 6.45) is 4.28. The molecule has 1 aromatic rings. The maximum Gasteiger partial charge on any atom is 0.338 e. The summed E-state index contributed by atoms with van der Waals surface area (Å²) in [5.41, 5.74) is 0.160. The van der Waals surface area contributed by atoms with Gasteiger partial charge in [0.25, 0.3) is 15.9 Å². The van der Waals surface area contributed by atoms with E-state index in [4.69, 9.17) is 9.57 Å². The van der Waals surface area contributed by atoms with Crippen LogP contribution in [0.1, 0.15) is 43.0 Å². The Bertz CT molecular complexity index is 763. The topological polar surface area (TPSA) is 102 Å². The van der Waals surface area contributed by atoms with Crippen LogP contribution in [0.25, 0.3) is 0 Å². The maximum atomic E-state index is 12.1. The average molecular weight is 398 g/mol. The van der Waals surface area contributed by atoms with E-state index in [0.717, 1.165) is 23.7 Å². The molecule has 0 heterocycles. The van der Waals surface area contributed by atoms with Gasteiger partial charge in [0.1, 0.15) is 0 Å². The molecule has 1 aliphatic carbocycles. The third-order valence-corrected chi connectivity index (χ3v) is 6.47. The fourth-order valence-electron chi connectivity index (χ4n) is 3.00. The van der Waals surface area contributed by atoms with Gasteiger partial charge in [-0.15, -0.1) is 0 Å². The number of ether oxygens (including phenoxy) is 1. The van der Waals surface area contributed by atoms with Crippen molar-refractivity contribution in [3.8, 4) is 0 Å². The third-order valence-electron chi connectivity index (χ3n) is 4.78. The molecule has 1 aromatic carbocycles. The molecule has 8 nitrogen and oxygen atoms in total. The van der Waals surface area contributed by atoms with Crippen molar-refractivity contribution >= 4 is 21.9 Å². The van der Waals surface area contributed by atoms with Gasteiger partial charge < -0.3 is 10.1 Å². The first-order chi connectivity index (χ1) is 12.8. The average Bonchev–Trinajstić information content (AvgIpc) is 2.67. The van der Waals surface area contributed by atoms with Crippen LogP contribution in [-0.2, 0) is 24.4 Å². The van der Waals surface area contributed by atoms with Crippen molar-refractivity contribution in [1.82, 2.24) is 9.79 Å². The number of carbonyl (C=O) groups is 2. The van der Waals surface area contributed by atoms with Crippen molar-refractivity contribution in [3.05, 3.63) is 29.8 Å². The molecule has 1 N–H and O–H groups in total. The second-order valence-corrected chi connectivity index (χ2v) is 8.57. The van der Waals surface area contributed by atoms with E-state index in [2.05, 4.69) is 12.2 Å². The summed E-state index contributed by atoms with van der Waals surface area (Å²) >= 11 is 0. The molecule has 1 aliphatic rings. The fraction of sp³-hybridized carbons (Fsp3) is 0.556. The van der Waals surface area contributed by atoms with Crippen LogP contribution in [0.3, 0.4) is 0 Å². The summed E-state index contributed by atoms with van der Waals surface area (Å²) in [7, 11) is -1.28. The van der Waals surface area contributed by atoms with Crippen molar-refractivity contribution < 1.29 is 27.6 Å². The van der Waals surface area contributed by atoms with E-state index in [1.165, 1.54) is 44.8 Å². The van der Waals surface area contributed by atoms with Gasteiger partial charge in [0.15, 0.2) is 6.61 Å². The lowest BCUT2D eigenvalue weighted by molar-refractivity contribution is -0.125. The minimum atomic E-state index is -3.78. The molecule has 27 heavy (non-hydrogen) atoms. The van der Waals surface area contributed by atoms with Crippen LogP contribution < -0.4 is 5.32 Å². The normalized spacial score (nSPS) is 20.3. The Morgan fingerprint density at radius 2 is 1.81 bits per heavy atom. The second kappa shape index (κ2) is 9.29. The number of rotatable bonds is 7. The fourth-order valence-corrected chi connectivity index (χ4v) is 3.98. The molecule has 1 amide bonds. The van der Waals surface area contributed by atoms with Gasteiger partial charge in [-0.05, 0) is 43.0 Å². The predicted molar refractivity (Wildman–Crippen MR) is 98.2 cm³/mol. The smallest absolute Gasteiger partial charge is 0.338 e. The number of esters is 1. The highest BCUT2D eigenvalue weighted by Crippen LogP contribution is 2.23. The maximum absolute atomic E-state index is 12.1. The van der Waals surface area contributed by atoms with Gasteiger partial charge in [-0.2, -0.15) is 0 Å². The lowest BCUT2D eigenvalue weighted by Crippen LogP contribution is -2.42. The first-order valence-corrected chi connectivity index (χ1v) is 10.3. The Labute approximate surface area is 159 Å². The van der Waals surface area contributed by atoms with E-state index in [1.54, 1.807) is 0 Å². The molecule has 0 radical (unpaired) electrons. The van der Waals surface area contributed by atoms with Crippen molar-refractivity contribution in [2.75, 3.05) is 20.8 Å². The highest BCUT2D eigenvalue weighted by atomic mass is 32.2. The molecular weight excluding hydrogens is 372 g/mol. The summed E-state index contributed by atoms with van der Waals surface area (Å²) in [6.45, 7) is 1.74. The minimum Gasteiger partial charge on any atom is -0.452 e. The van der Waals surface area contributed by atoms with E-state index in [9.17, 15) is 18.0 Å². The van der Waals surface area contributed by atoms with Crippen LogP contribution in [0.15, 0.2) is 29.2 Å². The molecule has 9 heteroatoms. The molecule has 2 rings (SSSR count). The number of nitrogens with one attached hydrogen (secondary N) is 1. The van der Waals surface area contributed by atoms with Gasteiger partial charge in [0, 0.05) is 13.1 Å². The minimum absolute atomic E-state index is 0.0209. The molecule has 0 unspecified atom stereocenters. The first kappa shape index (κ1) is 21.3. The van der Waals surface area contributed by atoms with Gasteiger partial charge >= 0.3 is 5.97 Å². The molecule has 0 aromatic heterocycles. The molecule has 0 saturated heterocycles. The van der Waals surface area contributed by atoms with Gasteiger partial charge in [-0.25, -0.2) is 13.2 Å². The van der Waals surface area contributed by atoms with Gasteiger partial charge in [-0.1, -0.05) is 24.2 Å². The van der Waals surface area contributed by atoms with Crippen molar-refractivity contribution in [2.24, 2.45) is 5.92 Å². The van der Waals surface area contributed by atoms with Gasteiger partial charge in [0.2, 0.25) is 0 Å². The zero-order valence-corrected chi connectivity index (χ0v) is 16.6. The molecule has 1 fully saturated rings. The molecule has 0 bridgehead atoms. The van der Waals surface area contributed by atoms with Crippen LogP contribution in [0.5, 0.6) is 0 Å². The Morgan fingerprint density at radius 1 is 1.19 bits per heavy atom. The Balaban J connectivity index is 1.89. The van der Waals surface area contributed by atoms with E-state index in [1.807, 2.05) is 0 Å². The SMILES string of the molecule is CON(C)S(=O)(=O)c1ccc(C(=O)OCC(=O)N[C@@H]2CCCC[C@@H]2C)cc1. The van der Waals surface area contributed by atoms with Crippen molar-refractivity contribution in [3.63, 3.8) is 0 Å². The molecule has 0 aliphatic heterocycles. The van der Waals surface area contributed by atoms with Crippen LogP contribution in [-0.4, -0.2) is 51.6 Å². The van der Waals surface area contributed by atoms with Crippen LogP contribution in [0.4, 0.5) is 0 Å². The summed E-state index contributed by atoms with van der Waals surface area (Å²) in [4.78, 5) is 28.7. The monoisotopic (exact) mass is 398 g/mol. The number of hydroxylamine groups is 1. The molecule has 0 spiro atoms. The lowest BCUT2D eigenvalue weighted by atomic mass is 9.86. The summed E-state index contributed by atoms with van der Waals surface area (Å²) < 4.78 is 30.0. The zero-order valence-electron chi connectivity index (χ0n) is 15.8. The van der Waals surface area contributed by atoms with Crippen LogP contribution >= 0.6 is 0 Å². The number of benzene rings is 1. The zero-order chi connectivity index (χ0) is 20.0.